The predicted molar refractivity (Wildman–Crippen MR) is 87.6 cm³/mol. The summed E-state index contributed by atoms with van der Waals surface area (Å²) < 4.78 is 24.7. The molecule has 0 amide bonds. The van der Waals surface area contributed by atoms with Gasteiger partial charge >= 0.3 is 0 Å². The topological polar surface area (TPSA) is 61.2 Å². The first-order valence-corrected chi connectivity index (χ1v) is 9.79. The fourth-order valence-corrected chi connectivity index (χ4v) is 7.52. The molecule has 2 aliphatic rings. The molecule has 1 N–H and O–H groups in total. The molecular weight excluding hydrogens is 360 g/mol. The lowest BCUT2D eigenvalue weighted by Gasteiger charge is -2.27. The highest BCUT2D eigenvalue weighted by molar-refractivity contribution is 9.10. The van der Waals surface area contributed by atoms with Crippen LogP contribution in [0.2, 0.25) is 0 Å². The molecule has 20 heavy (non-hydrogen) atoms. The number of hydrogen-bond acceptors (Lipinski definition) is 4. The van der Waals surface area contributed by atoms with Gasteiger partial charge in [-0.15, -0.1) is 0 Å². The SMILES string of the molecule is Cc1cc(Br)cc(C)c1N1C(=N)S[C@@H]2CS(=O)(=O)C[C@@H]21. The Labute approximate surface area is 131 Å². The normalized spacial score (nSPS) is 27.9. The van der Waals surface area contributed by atoms with Crippen LogP contribution in [0, 0.1) is 19.3 Å². The Morgan fingerprint density at radius 1 is 1.30 bits per heavy atom. The van der Waals surface area contributed by atoms with Crippen molar-refractivity contribution in [1.29, 1.82) is 5.41 Å². The van der Waals surface area contributed by atoms with Gasteiger partial charge in [-0.05, 0) is 37.1 Å². The number of thioether (sulfide) groups is 1. The van der Waals surface area contributed by atoms with Gasteiger partial charge in [0.2, 0.25) is 0 Å². The molecule has 0 unspecified atom stereocenters. The van der Waals surface area contributed by atoms with E-state index in [1.165, 1.54) is 11.8 Å². The monoisotopic (exact) mass is 374 g/mol. The van der Waals surface area contributed by atoms with Crippen LogP contribution in [0.1, 0.15) is 11.1 Å². The van der Waals surface area contributed by atoms with E-state index in [2.05, 4.69) is 15.9 Å². The molecule has 2 aliphatic heterocycles. The number of aryl methyl sites for hydroxylation is 2. The van der Waals surface area contributed by atoms with Gasteiger partial charge in [0.05, 0.1) is 17.5 Å². The van der Waals surface area contributed by atoms with Crippen molar-refractivity contribution in [2.24, 2.45) is 0 Å². The van der Waals surface area contributed by atoms with Gasteiger partial charge in [0.25, 0.3) is 0 Å². The second-order valence-electron chi connectivity index (χ2n) is 5.36. The molecule has 1 aromatic carbocycles. The van der Waals surface area contributed by atoms with Crippen LogP contribution in [0.15, 0.2) is 16.6 Å². The molecule has 2 heterocycles. The molecular formula is C13H15BrN2O2S2. The second-order valence-corrected chi connectivity index (χ2v) is 9.66. The number of fused-ring (bicyclic) bond motifs is 1. The highest BCUT2D eigenvalue weighted by Gasteiger charge is 2.49. The summed E-state index contributed by atoms with van der Waals surface area (Å²) in [5.41, 5.74) is 3.11. The molecule has 108 valence electrons. The summed E-state index contributed by atoms with van der Waals surface area (Å²) in [6.45, 7) is 4.00. The van der Waals surface area contributed by atoms with Crippen molar-refractivity contribution in [1.82, 2.24) is 0 Å². The van der Waals surface area contributed by atoms with E-state index in [4.69, 9.17) is 5.41 Å². The lowest BCUT2D eigenvalue weighted by Crippen LogP contribution is -2.38. The van der Waals surface area contributed by atoms with Gasteiger partial charge in [-0.3, -0.25) is 5.41 Å². The van der Waals surface area contributed by atoms with Crippen molar-refractivity contribution in [3.05, 3.63) is 27.7 Å². The number of nitrogens with zero attached hydrogens (tertiary/aromatic N) is 1. The Bertz CT molecular complexity index is 679. The van der Waals surface area contributed by atoms with Gasteiger partial charge in [0.15, 0.2) is 15.0 Å². The van der Waals surface area contributed by atoms with Crippen molar-refractivity contribution < 1.29 is 8.42 Å². The Morgan fingerprint density at radius 2 is 1.90 bits per heavy atom. The number of amidine groups is 1. The van der Waals surface area contributed by atoms with Gasteiger partial charge < -0.3 is 4.90 Å². The van der Waals surface area contributed by atoms with E-state index in [1.807, 2.05) is 30.9 Å². The third kappa shape index (κ3) is 2.29. The molecule has 7 heteroatoms. The van der Waals surface area contributed by atoms with Gasteiger partial charge in [0, 0.05) is 15.4 Å². The fourth-order valence-electron chi connectivity index (χ4n) is 3.05. The maximum Gasteiger partial charge on any atom is 0.161 e. The van der Waals surface area contributed by atoms with Gasteiger partial charge in [-0.2, -0.15) is 0 Å². The third-order valence-corrected chi connectivity index (χ3v) is 7.37. The van der Waals surface area contributed by atoms with E-state index in [-0.39, 0.29) is 22.8 Å². The molecule has 2 atom stereocenters. The van der Waals surface area contributed by atoms with Crippen LogP contribution < -0.4 is 4.90 Å². The molecule has 2 fully saturated rings. The molecule has 2 saturated heterocycles. The average molecular weight is 375 g/mol. The average Bonchev–Trinajstić information content (AvgIpc) is 2.70. The summed E-state index contributed by atoms with van der Waals surface area (Å²) in [5, 5.41) is 8.66. The van der Waals surface area contributed by atoms with E-state index in [0.29, 0.717) is 5.17 Å². The van der Waals surface area contributed by atoms with Crippen molar-refractivity contribution in [2.75, 3.05) is 16.4 Å². The van der Waals surface area contributed by atoms with E-state index in [1.54, 1.807) is 0 Å². The van der Waals surface area contributed by atoms with Crippen molar-refractivity contribution >= 4 is 48.4 Å². The van der Waals surface area contributed by atoms with E-state index < -0.39 is 9.84 Å². The molecule has 0 aromatic heterocycles. The Morgan fingerprint density at radius 3 is 2.50 bits per heavy atom. The quantitative estimate of drug-likeness (QED) is 0.820. The van der Waals surface area contributed by atoms with Crippen LogP contribution in [-0.2, 0) is 9.84 Å². The maximum atomic E-state index is 11.8. The van der Waals surface area contributed by atoms with Gasteiger partial charge in [-0.1, -0.05) is 27.7 Å². The number of halogens is 1. The molecule has 0 saturated carbocycles. The first kappa shape index (κ1) is 14.4. The lowest BCUT2D eigenvalue weighted by molar-refractivity contribution is 0.601. The second kappa shape index (κ2) is 4.74. The number of rotatable bonds is 1. The first-order chi connectivity index (χ1) is 9.28. The molecule has 0 bridgehead atoms. The summed E-state index contributed by atoms with van der Waals surface area (Å²) in [4.78, 5) is 1.91. The summed E-state index contributed by atoms with van der Waals surface area (Å²) >= 11 is 4.85. The van der Waals surface area contributed by atoms with Crippen LogP contribution in [0.25, 0.3) is 0 Å². The van der Waals surface area contributed by atoms with Crippen LogP contribution in [-0.4, -0.2) is 36.4 Å². The molecule has 0 radical (unpaired) electrons. The van der Waals surface area contributed by atoms with Crippen LogP contribution >= 0.6 is 27.7 Å². The maximum absolute atomic E-state index is 11.8. The molecule has 0 aliphatic carbocycles. The fraction of sp³-hybridized carbons (Fsp3) is 0.462. The molecule has 3 rings (SSSR count). The Hall–Kier alpha value is -0.530. The molecule has 0 spiro atoms. The standard InChI is InChI=1S/C13H15BrN2O2S2/c1-7-3-9(14)4-8(2)12(7)16-10-5-20(17,18)6-11(10)19-13(16)15/h3-4,10-11,15H,5-6H2,1-2H3/t10-,11+/m0/s1. The van der Waals surface area contributed by atoms with E-state index >= 15 is 0 Å². The summed E-state index contributed by atoms with van der Waals surface area (Å²) in [6.07, 6.45) is 0. The Kier molecular flexibility index (Phi) is 3.42. The zero-order valence-electron chi connectivity index (χ0n) is 11.2. The van der Waals surface area contributed by atoms with E-state index in [9.17, 15) is 8.42 Å². The van der Waals surface area contributed by atoms with Crippen molar-refractivity contribution in [3.63, 3.8) is 0 Å². The van der Waals surface area contributed by atoms with Gasteiger partial charge in [-0.25, -0.2) is 8.42 Å². The van der Waals surface area contributed by atoms with Gasteiger partial charge in [0.1, 0.15) is 0 Å². The highest BCUT2D eigenvalue weighted by atomic mass is 79.9. The lowest BCUT2D eigenvalue weighted by atomic mass is 10.1. The molecule has 4 nitrogen and oxygen atoms in total. The Balaban J connectivity index is 2.08. The van der Waals surface area contributed by atoms with Crippen molar-refractivity contribution in [3.8, 4) is 0 Å². The van der Waals surface area contributed by atoms with E-state index in [0.717, 1.165) is 21.3 Å². The zero-order valence-corrected chi connectivity index (χ0v) is 14.4. The number of anilines is 1. The minimum Gasteiger partial charge on any atom is -0.316 e. The van der Waals surface area contributed by atoms with Crippen LogP contribution in [0.3, 0.4) is 0 Å². The first-order valence-electron chi connectivity index (χ1n) is 6.30. The zero-order chi connectivity index (χ0) is 14.7. The van der Waals surface area contributed by atoms with Crippen LogP contribution in [0.5, 0.6) is 0 Å². The van der Waals surface area contributed by atoms with Crippen molar-refractivity contribution in [2.45, 2.75) is 25.1 Å². The summed E-state index contributed by atoms with van der Waals surface area (Å²) in [6, 6.07) is 3.92. The number of sulfone groups is 1. The number of nitrogens with one attached hydrogen (secondary N) is 1. The minimum absolute atomic E-state index is 0.00468. The number of hydrogen-bond donors (Lipinski definition) is 1. The molecule has 1 aromatic rings. The highest BCUT2D eigenvalue weighted by Crippen LogP contribution is 2.42. The summed E-state index contributed by atoms with van der Waals surface area (Å²) in [7, 11) is -2.97. The predicted octanol–water partition coefficient (Wildman–Crippen LogP) is 2.72. The summed E-state index contributed by atoms with van der Waals surface area (Å²) in [5.74, 6) is 0.345. The minimum atomic E-state index is -2.97. The van der Waals surface area contributed by atoms with Crippen LogP contribution in [0.4, 0.5) is 5.69 Å². The third-order valence-electron chi connectivity index (χ3n) is 3.78. The largest absolute Gasteiger partial charge is 0.316 e. The smallest absolute Gasteiger partial charge is 0.161 e. The number of benzene rings is 1.